The molecule has 0 aromatic heterocycles. The fourth-order valence-corrected chi connectivity index (χ4v) is 4.15. The molecule has 3 rings (SSSR count). The average molecular weight is 385 g/mol. The van der Waals surface area contributed by atoms with Gasteiger partial charge < -0.3 is 25.3 Å². The van der Waals surface area contributed by atoms with Crippen molar-refractivity contribution in [1.82, 2.24) is 0 Å². The van der Waals surface area contributed by atoms with Crippen LogP contribution in [0.5, 0.6) is 5.75 Å². The average Bonchev–Trinajstić information content (AvgIpc) is 2.62. The third kappa shape index (κ3) is 3.43. The monoisotopic (exact) mass is 384 g/mol. The number of carbonyl (C=O) groups excluding carboxylic acids is 1. The van der Waals surface area contributed by atoms with E-state index in [9.17, 15) is 4.79 Å². The normalized spacial score (nSPS) is 28.9. The van der Waals surface area contributed by atoms with Crippen molar-refractivity contribution in [3.8, 4) is 5.75 Å². The Morgan fingerprint density at radius 1 is 1.31 bits per heavy atom. The van der Waals surface area contributed by atoms with Crippen molar-refractivity contribution < 1.29 is 19.0 Å². The number of hydrogen-bond donors (Lipinski definition) is 2. The Kier molecular flexibility index (Phi) is 6.55. The van der Waals surface area contributed by atoms with Gasteiger partial charge in [0.1, 0.15) is 17.9 Å². The maximum Gasteiger partial charge on any atom is 0.245 e. The molecule has 146 valence electrons. The van der Waals surface area contributed by atoms with E-state index in [4.69, 9.17) is 19.9 Å². The molecule has 2 aliphatic rings. The SMILES string of the molecule is COCCOc1ccc(NC(=O)C2(N)C3CCCOC3C2(C)C)cc1.Cl. The first-order valence-corrected chi connectivity index (χ1v) is 8.85. The molecule has 1 saturated carbocycles. The summed E-state index contributed by atoms with van der Waals surface area (Å²) in [5, 5.41) is 2.97. The van der Waals surface area contributed by atoms with Crippen LogP contribution in [-0.4, -0.2) is 44.5 Å². The highest BCUT2D eigenvalue weighted by Crippen LogP contribution is 2.57. The quantitative estimate of drug-likeness (QED) is 0.736. The molecular formula is C19H29ClN2O4. The van der Waals surface area contributed by atoms with Crippen molar-refractivity contribution in [3.63, 3.8) is 0 Å². The Morgan fingerprint density at radius 2 is 2.00 bits per heavy atom. The van der Waals surface area contributed by atoms with Crippen LogP contribution in [-0.2, 0) is 14.3 Å². The summed E-state index contributed by atoms with van der Waals surface area (Å²) in [6.45, 7) is 5.82. The van der Waals surface area contributed by atoms with E-state index in [0.29, 0.717) is 18.9 Å². The third-order valence-electron chi connectivity index (χ3n) is 5.73. The van der Waals surface area contributed by atoms with Crippen LogP contribution in [0, 0.1) is 11.3 Å². The number of benzene rings is 1. The number of halogens is 1. The van der Waals surface area contributed by atoms with Gasteiger partial charge in [-0.3, -0.25) is 4.79 Å². The first-order valence-electron chi connectivity index (χ1n) is 8.85. The molecule has 3 N–H and O–H groups in total. The maximum atomic E-state index is 12.9. The second-order valence-corrected chi connectivity index (χ2v) is 7.45. The summed E-state index contributed by atoms with van der Waals surface area (Å²) in [6, 6.07) is 7.30. The van der Waals surface area contributed by atoms with E-state index in [2.05, 4.69) is 5.32 Å². The summed E-state index contributed by atoms with van der Waals surface area (Å²) >= 11 is 0. The minimum atomic E-state index is -0.911. The Hall–Kier alpha value is -1.34. The summed E-state index contributed by atoms with van der Waals surface area (Å²) in [4.78, 5) is 12.9. The number of ether oxygens (including phenoxy) is 3. The predicted molar refractivity (Wildman–Crippen MR) is 103 cm³/mol. The van der Waals surface area contributed by atoms with Gasteiger partial charge in [0.2, 0.25) is 5.91 Å². The van der Waals surface area contributed by atoms with Gasteiger partial charge in [-0.2, -0.15) is 0 Å². The fraction of sp³-hybridized carbons (Fsp3) is 0.632. The smallest absolute Gasteiger partial charge is 0.245 e. The highest BCUT2D eigenvalue weighted by molar-refractivity contribution is 6.00. The molecule has 1 aliphatic carbocycles. The van der Waals surface area contributed by atoms with Gasteiger partial charge in [0, 0.05) is 30.7 Å². The second-order valence-electron chi connectivity index (χ2n) is 7.45. The largest absolute Gasteiger partial charge is 0.491 e. The van der Waals surface area contributed by atoms with Crippen LogP contribution >= 0.6 is 12.4 Å². The number of nitrogens with two attached hydrogens (primary N) is 1. The number of nitrogens with one attached hydrogen (secondary N) is 1. The molecule has 3 unspecified atom stereocenters. The van der Waals surface area contributed by atoms with Gasteiger partial charge in [-0.15, -0.1) is 12.4 Å². The molecule has 1 heterocycles. The molecule has 1 saturated heterocycles. The minimum Gasteiger partial charge on any atom is -0.491 e. The lowest BCUT2D eigenvalue weighted by molar-refractivity contribution is -0.222. The molecule has 3 atom stereocenters. The summed E-state index contributed by atoms with van der Waals surface area (Å²) in [5.74, 6) is 0.674. The van der Waals surface area contributed by atoms with Gasteiger partial charge >= 0.3 is 0 Å². The minimum absolute atomic E-state index is 0. The lowest BCUT2D eigenvalue weighted by Gasteiger charge is -2.65. The summed E-state index contributed by atoms with van der Waals surface area (Å²) in [5.41, 5.74) is 6.03. The second kappa shape index (κ2) is 8.13. The van der Waals surface area contributed by atoms with E-state index < -0.39 is 5.54 Å². The zero-order valence-electron chi connectivity index (χ0n) is 15.6. The first-order chi connectivity index (χ1) is 11.9. The maximum absolute atomic E-state index is 12.9. The van der Waals surface area contributed by atoms with Crippen LogP contribution in [0.4, 0.5) is 5.69 Å². The van der Waals surface area contributed by atoms with Crippen molar-refractivity contribution in [3.05, 3.63) is 24.3 Å². The number of carbonyl (C=O) groups is 1. The number of methoxy groups -OCH3 is 1. The van der Waals surface area contributed by atoms with Crippen LogP contribution < -0.4 is 15.8 Å². The Labute approximate surface area is 161 Å². The van der Waals surface area contributed by atoms with Crippen molar-refractivity contribution in [1.29, 1.82) is 0 Å². The molecule has 2 fully saturated rings. The number of fused-ring (bicyclic) bond motifs is 1. The Balaban J connectivity index is 0.00000243. The standard InChI is InChI=1S/C19H28N2O4.ClH/c1-18(2)16-15(5-4-10-25-16)19(18,20)17(22)21-13-6-8-14(9-7-13)24-12-11-23-3;/h6-9,15-16H,4-5,10-12,20H2,1-3H3,(H,21,22);1H. The third-order valence-corrected chi connectivity index (χ3v) is 5.73. The number of amides is 1. The summed E-state index contributed by atoms with van der Waals surface area (Å²) < 4.78 is 16.3. The molecule has 0 radical (unpaired) electrons. The molecule has 0 spiro atoms. The molecular weight excluding hydrogens is 356 g/mol. The van der Waals surface area contributed by atoms with Gasteiger partial charge in [-0.25, -0.2) is 0 Å². The van der Waals surface area contributed by atoms with Crippen molar-refractivity contribution in [2.24, 2.45) is 17.1 Å². The molecule has 1 aromatic rings. The van der Waals surface area contributed by atoms with Crippen molar-refractivity contribution in [2.75, 3.05) is 32.2 Å². The number of hydrogen-bond acceptors (Lipinski definition) is 5. The lowest BCUT2D eigenvalue weighted by atomic mass is 9.46. The van der Waals surface area contributed by atoms with E-state index >= 15 is 0 Å². The molecule has 0 bridgehead atoms. The topological polar surface area (TPSA) is 82.8 Å². The van der Waals surface area contributed by atoms with Gasteiger partial charge in [0.05, 0.1) is 12.7 Å². The highest BCUT2D eigenvalue weighted by Gasteiger charge is 2.70. The van der Waals surface area contributed by atoms with Crippen molar-refractivity contribution >= 4 is 24.0 Å². The fourth-order valence-electron chi connectivity index (χ4n) is 4.15. The molecule has 7 heteroatoms. The molecule has 1 aliphatic heterocycles. The van der Waals surface area contributed by atoms with E-state index in [1.807, 2.05) is 38.1 Å². The van der Waals surface area contributed by atoms with Crippen molar-refractivity contribution in [2.45, 2.75) is 38.3 Å². The van der Waals surface area contributed by atoms with Crippen LogP contribution in [0.2, 0.25) is 0 Å². The predicted octanol–water partition coefficient (Wildman–Crippen LogP) is 2.60. The Morgan fingerprint density at radius 3 is 2.65 bits per heavy atom. The van der Waals surface area contributed by atoms with Crippen LogP contribution in [0.15, 0.2) is 24.3 Å². The van der Waals surface area contributed by atoms with E-state index in [-0.39, 0.29) is 35.8 Å². The number of anilines is 1. The van der Waals surface area contributed by atoms with Crippen LogP contribution in [0.3, 0.4) is 0 Å². The van der Waals surface area contributed by atoms with Crippen LogP contribution in [0.25, 0.3) is 0 Å². The van der Waals surface area contributed by atoms with Gasteiger partial charge in [0.15, 0.2) is 0 Å². The van der Waals surface area contributed by atoms with Gasteiger partial charge in [-0.05, 0) is 37.1 Å². The Bertz CT molecular complexity index is 622. The van der Waals surface area contributed by atoms with Crippen LogP contribution in [0.1, 0.15) is 26.7 Å². The molecule has 26 heavy (non-hydrogen) atoms. The van der Waals surface area contributed by atoms with E-state index in [0.717, 1.165) is 25.2 Å². The van der Waals surface area contributed by atoms with E-state index in [1.165, 1.54) is 0 Å². The summed E-state index contributed by atoms with van der Waals surface area (Å²) in [7, 11) is 1.63. The zero-order valence-corrected chi connectivity index (χ0v) is 16.4. The van der Waals surface area contributed by atoms with Gasteiger partial charge in [-0.1, -0.05) is 13.8 Å². The highest BCUT2D eigenvalue weighted by atomic mass is 35.5. The number of rotatable bonds is 6. The molecule has 1 aromatic carbocycles. The first kappa shape index (κ1) is 21.0. The summed E-state index contributed by atoms with van der Waals surface area (Å²) in [6.07, 6.45) is 1.95. The van der Waals surface area contributed by atoms with Gasteiger partial charge in [0.25, 0.3) is 0 Å². The van der Waals surface area contributed by atoms with E-state index in [1.54, 1.807) is 7.11 Å². The molecule has 1 amide bonds. The molecule has 6 nitrogen and oxygen atoms in total. The lowest BCUT2D eigenvalue weighted by Crippen LogP contribution is -2.81. The zero-order chi connectivity index (χ0) is 18.1.